The third-order valence-corrected chi connectivity index (χ3v) is 3.86. The largest absolute Gasteiger partial charge is 0.356 e. The highest BCUT2D eigenvalue weighted by Crippen LogP contribution is 2.22. The number of benzene rings is 2. The summed E-state index contributed by atoms with van der Waals surface area (Å²) >= 11 is 11.9. The van der Waals surface area contributed by atoms with Crippen molar-refractivity contribution in [3.05, 3.63) is 75.7 Å². The maximum atomic E-state index is 12.9. The zero-order chi connectivity index (χ0) is 17.1. The van der Waals surface area contributed by atoms with E-state index >= 15 is 0 Å². The molecular weight excluding hydrogens is 354 g/mol. The second-order valence-corrected chi connectivity index (χ2v) is 5.84. The van der Waals surface area contributed by atoms with Crippen LogP contribution >= 0.6 is 23.2 Å². The van der Waals surface area contributed by atoms with Gasteiger partial charge in [0.1, 0.15) is 11.5 Å². The van der Waals surface area contributed by atoms with Crippen molar-refractivity contribution >= 4 is 29.1 Å². The summed E-state index contributed by atoms with van der Waals surface area (Å²) in [5.41, 5.74) is 1.51. The van der Waals surface area contributed by atoms with Crippen LogP contribution < -0.4 is 5.32 Å². The number of aromatic nitrogens is 1. The van der Waals surface area contributed by atoms with Crippen molar-refractivity contribution in [3.8, 4) is 11.3 Å². The number of nitrogens with zero attached hydrogens (tertiary/aromatic N) is 1. The molecule has 0 radical (unpaired) electrons. The van der Waals surface area contributed by atoms with Gasteiger partial charge in [-0.1, -0.05) is 28.4 Å². The Labute approximate surface area is 147 Å². The zero-order valence-corrected chi connectivity index (χ0v) is 13.7. The van der Waals surface area contributed by atoms with Gasteiger partial charge in [-0.25, -0.2) is 4.39 Å². The summed E-state index contributed by atoms with van der Waals surface area (Å²) in [6.45, 7) is 0.159. The fourth-order valence-electron chi connectivity index (χ4n) is 2.08. The van der Waals surface area contributed by atoms with E-state index < -0.39 is 0 Å². The maximum Gasteiger partial charge on any atom is 0.253 e. The van der Waals surface area contributed by atoms with Crippen molar-refractivity contribution in [3.63, 3.8) is 0 Å². The van der Waals surface area contributed by atoms with Crippen LogP contribution in [-0.2, 0) is 6.54 Å². The van der Waals surface area contributed by atoms with E-state index in [-0.39, 0.29) is 23.8 Å². The fourth-order valence-corrected chi connectivity index (χ4v) is 2.46. The highest BCUT2D eigenvalue weighted by Gasteiger charge is 2.12. The SMILES string of the molecule is O=C(NCc1cc(-c2ccc(F)cc2)on1)c1cc(Cl)ccc1Cl. The molecule has 0 fully saturated rings. The first-order valence-electron chi connectivity index (χ1n) is 6.98. The molecule has 0 aliphatic heterocycles. The van der Waals surface area contributed by atoms with E-state index in [1.165, 1.54) is 18.2 Å². The molecule has 3 rings (SSSR count). The van der Waals surface area contributed by atoms with Crippen LogP contribution in [0.2, 0.25) is 10.0 Å². The van der Waals surface area contributed by atoms with Gasteiger partial charge in [-0.15, -0.1) is 0 Å². The van der Waals surface area contributed by atoms with Crippen LogP contribution in [0.25, 0.3) is 11.3 Å². The molecule has 3 aromatic rings. The molecule has 0 atom stereocenters. The van der Waals surface area contributed by atoms with Gasteiger partial charge in [0.05, 0.1) is 17.1 Å². The van der Waals surface area contributed by atoms with E-state index in [0.717, 1.165) is 0 Å². The molecule has 1 N–H and O–H groups in total. The van der Waals surface area contributed by atoms with E-state index in [4.69, 9.17) is 27.7 Å². The summed E-state index contributed by atoms with van der Waals surface area (Å²) in [6, 6.07) is 12.2. The summed E-state index contributed by atoms with van der Waals surface area (Å²) in [5, 5.41) is 7.30. The van der Waals surface area contributed by atoms with Crippen LogP contribution in [0, 0.1) is 5.82 Å². The zero-order valence-electron chi connectivity index (χ0n) is 12.2. The summed E-state index contributed by atoms with van der Waals surface area (Å²) < 4.78 is 18.1. The first-order chi connectivity index (χ1) is 11.5. The quantitative estimate of drug-likeness (QED) is 0.728. The molecule has 0 saturated carbocycles. The van der Waals surface area contributed by atoms with Crippen LogP contribution in [0.15, 0.2) is 53.1 Å². The predicted molar refractivity (Wildman–Crippen MR) is 89.5 cm³/mol. The van der Waals surface area contributed by atoms with Gasteiger partial charge in [0, 0.05) is 16.7 Å². The molecule has 0 spiro atoms. The van der Waals surface area contributed by atoms with Crippen LogP contribution in [-0.4, -0.2) is 11.1 Å². The molecule has 1 aromatic heterocycles. The van der Waals surface area contributed by atoms with Crippen LogP contribution in [0.3, 0.4) is 0 Å². The first kappa shape index (κ1) is 16.5. The Morgan fingerprint density at radius 1 is 1.12 bits per heavy atom. The normalized spacial score (nSPS) is 10.6. The molecule has 0 aliphatic rings. The number of amides is 1. The van der Waals surface area contributed by atoms with Gasteiger partial charge in [0.2, 0.25) is 0 Å². The van der Waals surface area contributed by atoms with Crippen molar-refractivity contribution in [1.82, 2.24) is 10.5 Å². The number of hydrogen-bond donors (Lipinski definition) is 1. The third kappa shape index (κ3) is 3.75. The van der Waals surface area contributed by atoms with E-state index in [2.05, 4.69) is 10.5 Å². The molecule has 0 aliphatic carbocycles. The highest BCUT2D eigenvalue weighted by molar-refractivity contribution is 6.35. The second kappa shape index (κ2) is 7.03. The van der Waals surface area contributed by atoms with Gasteiger partial charge < -0.3 is 9.84 Å². The summed E-state index contributed by atoms with van der Waals surface area (Å²) in [5.74, 6) is -0.210. The number of carbonyl (C=O) groups excluding carboxylic acids is 1. The van der Waals surface area contributed by atoms with Crippen molar-refractivity contribution in [2.45, 2.75) is 6.54 Å². The monoisotopic (exact) mass is 364 g/mol. The molecule has 0 unspecified atom stereocenters. The van der Waals surface area contributed by atoms with E-state index in [1.807, 2.05) is 0 Å². The van der Waals surface area contributed by atoms with Gasteiger partial charge in [-0.3, -0.25) is 4.79 Å². The molecule has 2 aromatic carbocycles. The molecule has 4 nitrogen and oxygen atoms in total. The van der Waals surface area contributed by atoms with Crippen LogP contribution in [0.5, 0.6) is 0 Å². The van der Waals surface area contributed by atoms with Crippen molar-refractivity contribution in [2.24, 2.45) is 0 Å². The van der Waals surface area contributed by atoms with E-state index in [9.17, 15) is 9.18 Å². The Morgan fingerprint density at radius 2 is 1.88 bits per heavy atom. The maximum absolute atomic E-state index is 12.9. The predicted octanol–water partition coefficient (Wildman–Crippen LogP) is 4.72. The lowest BCUT2D eigenvalue weighted by atomic mass is 10.1. The van der Waals surface area contributed by atoms with Gasteiger partial charge >= 0.3 is 0 Å². The molecule has 1 heterocycles. The number of carbonyl (C=O) groups is 1. The number of nitrogens with one attached hydrogen (secondary N) is 1. The Bertz CT molecular complexity index is 879. The summed E-state index contributed by atoms with van der Waals surface area (Å²) in [7, 11) is 0. The lowest BCUT2D eigenvalue weighted by molar-refractivity contribution is 0.0950. The lowest BCUT2D eigenvalue weighted by Crippen LogP contribution is -2.23. The number of hydrogen-bond acceptors (Lipinski definition) is 3. The number of halogens is 3. The van der Waals surface area contributed by atoms with E-state index in [1.54, 1.807) is 30.3 Å². The molecule has 0 saturated heterocycles. The van der Waals surface area contributed by atoms with E-state index in [0.29, 0.717) is 27.1 Å². The van der Waals surface area contributed by atoms with Crippen molar-refractivity contribution in [1.29, 1.82) is 0 Å². The Kier molecular flexibility index (Phi) is 4.83. The Hall–Kier alpha value is -2.37. The highest BCUT2D eigenvalue weighted by atomic mass is 35.5. The van der Waals surface area contributed by atoms with Crippen LogP contribution in [0.1, 0.15) is 16.1 Å². The number of rotatable bonds is 4. The minimum Gasteiger partial charge on any atom is -0.356 e. The van der Waals surface area contributed by atoms with Crippen molar-refractivity contribution < 1.29 is 13.7 Å². The van der Waals surface area contributed by atoms with Gasteiger partial charge in [-0.2, -0.15) is 0 Å². The topological polar surface area (TPSA) is 55.1 Å². The van der Waals surface area contributed by atoms with Crippen LogP contribution in [0.4, 0.5) is 4.39 Å². The molecule has 122 valence electrons. The summed E-state index contributed by atoms with van der Waals surface area (Å²) in [6.07, 6.45) is 0. The average molecular weight is 365 g/mol. The minimum absolute atomic E-state index is 0.159. The molecular formula is C17H11Cl2FN2O2. The first-order valence-corrected chi connectivity index (χ1v) is 7.73. The van der Waals surface area contributed by atoms with Gasteiger partial charge in [0.15, 0.2) is 5.76 Å². The van der Waals surface area contributed by atoms with Crippen molar-refractivity contribution in [2.75, 3.05) is 0 Å². The molecule has 24 heavy (non-hydrogen) atoms. The fraction of sp³-hybridized carbons (Fsp3) is 0.0588. The Balaban J connectivity index is 1.68. The van der Waals surface area contributed by atoms with Gasteiger partial charge in [0.25, 0.3) is 5.91 Å². The molecule has 1 amide bonds. The molecule has 7 heteroatoms. The van der Waals surface area contributed by atoms with Gasteiger partial charge in [-0.05, 0) is 42.5 Å². The third-order valence-electron chi connectivity index (χ3n) is 3.29. The second-order valence-electron chi connectivity index (χ2n) is 5.00. The Morgan fingerprint density at radius 3 is 2.62 bits per heavy atom. The summed E-state index contributed by atoms with van der Waals surface area (Å²) in [4.78, 5) is 12.2. The molecule has 0 bridgehead atoms. The smallest absolute Gasteiger partial charge is 0.253 e. The average Bonchev–Trinajstić information content (AvgIpc) is 3.04. The standard InChI is InChI=1S/C17H11Cl2FN2O2/c18-11-3-6-15(19)14(7-11)17(23)21-9-13-8-16(24-22-13)10-1-4-12(20)5-2-10/h1-8H,9H2,(H,21,23). The minimum atomic E-state index is -0.367. The lowest BCUT2D eigenvalue weighted by Gasteiger charge is -2.05.